The Hall–Kier alpha value is -1.82. The van der Waals surface area contributed by atoms with Gasteiger partial charge in [0.1, 0.15) is 5.54 Å². The Morgan fingerprint density at radius 2 is 1.90 bits per heavy atom. The molecule has 0 atom stereocenters. The van der Waals surface area contributed by atoms with Crippen molar-refractivity contribution in [1.29, 1.82) is 5.26 Å². The molecule has 3 nitrogen and oxygen atoms in total. The third kappa shape index (κ3) is 3.84. The van der Waals surface area contributed by atoms with Gasteiger partial charge in [-0.1, -0.05) is 49.1 Å². The second kappa shape index (κ2) is 6.56. The molecular formula is C17H22N2O. The van der Waals surface area contributed by atoms with Crippen molar-refractivity contribution in [2.75, 3.05) is 0 Å². The number of nitrogens with one attached hydrogen (secondary N) is 1. The van der Waals surface area contributed by atoms with Gasteiger partial charge in [-0.3, -0.25) is 4.79 Å². The smallest absolute Gasteiger partial charge is 0.221 e. The van der Waals surface area contributed by atoms with Gasteiger partial charge >= 0.3 is 0 Å². The second-order valence-corrected chi connectivity index (χ2v) is 5.79. The highest BCUT2D eigenvalue weighted by atomic mass is 16.1. The van der Waals surface area contributed by atoms with Gasteiger partial charge in [-0.05, 0) is 31.7 Å². The lowest BCUT2D eigenvalue weighted by Gasteiger charge is -2.31. The van der Waals surface area contributed by atoms with E-state index in [1.165, 1.54) is 17.5 Å². The van der Waals surface area contributed by atoms with Crippen molar-refractivity contribution in [3.8, 4) is 6.07 Å². The summed E-state index contributed by atoms with van der Waals surface area (Å²) in [5.74, 6) is -0.00553. The van der Waals surface area contributed by atoms with Crippen LogP contribution >= 0.6 is 0 Å². The lowest BCUT2D eigenvalue weighted by molar-refractivity contribution is -0.122. The van der Waals surface area contributed by atoms with Crippen LogP contribution in [0.15, 0.2) is 24.3 Å². The fraction of sp³-hybridized carbons (Fsp3) is 0.529. The van der Waals surface area contributed by atoms with E-state index in [1.54, 1.807) is 0 Å². The summed E-state index contributed by atoms with van der Waals surface area (Å²) in [6.45, 7) is 2.05. The predicted molar refractivity (Wildman–Crippen MR) is 79.1 cm³/mol. The van der Waals surface area contributed by atoms with Crippen LogP contribution in [0.3, 0.4) is 0 Å². The summed E-state index contributed by atoms with van der Waals surface area (Å²) in [4.78, 5) is 12.1. The zero-order chi connectivity index (χ0) is 14.4. The fourth-order valence-electron chi connectivity index (χ4n) is 2.76. The first kappa shape index (κ1) is 14.6. The van der Waals surface area contributed by atoms with Crippen molar-refractivity contribution in [2.24, 2.45) is 0 Å². The number of aryl methyl sites for hydroxylation is 2. The lowest BCUT2D eigenvalue weighted by atomic mass is 9.82. The molecule has 1 fully saturated rings. The van der Waals surface area contributed by atoms with Crippen LogP contribution in [0, 0.1) is 18.3 Å². The highest BCUT2D eigenvalue weighted by molar-refractivity contribution is 5.77. The van der Waals surface area contributed by atoms with Crippen LogP contribution in [0.2, 0.25) is 0 Å². The van der Waals surface area contributed by atoms with Crippen molar-refractivity contribution in [3.63, 3.8) is 0 Å². The number of hydrogen-bond acceptors (Lipinski definition) is 2. The van der Waals surface area contributed by atoms with Gasteiger partial charge < -0.3 is 5.32 Å². The molecule has 0 bridgehead atoms. The molecule has 0 saturated heterocycles. The highest BCUT2D eigenvalue weighted by Gasteiger charge is 2.33. The van der Waals surface area contributed by atoms with Crippen molar-refractivity contribution in [3.05, 3.63) is 35.4 Å². The average molecular weight is 270 g/mol. The Balaban J connectivity index is 1.85. The van der Waals surface area contributed by atoms with E-state index in [-0.39, 0.29) is 5.91 Å². The highest BCUT2D eigenvalue weighted by Crippen LogP contribution is 2.27. The molecular weight excluding hydrogens is 248 g/mol. The summed E-state index contributed by atoms with van der Waals surface area (Å²) in [7, 11) is 0. The molecule has 0 spiro atoms. The molecule has 1 aliphatic carbocycles. The third-order valence-corrected chi connectivity index (χ3v) is 4.06. The molecule has 0 aliphatic heterocycles. The molecule has 1 amide bonds. The molecule has 0 aromatic heterocycles. The Morgan fingerprint density at radius 1 is 1.25 bits per heavy atom. The summed E-state index contributed by atoms with van der Waals surface area (Å²) in [5.41, 5.74) is 1.78. The van der Waals surface area contributed by atoms with Gasteiger partial charge in [0.2, 0.25) is 5.91 Å². The lowest BCUT2D eigenvalue weighted by Crippen LogP contribution is -2.48. The van der Waals surface area contributed by atoms with Crippen LogP contribution in [-0.4, -0.2) is 11.4 Å². The van der Waals surface area contributed by atoms with Crippen LogP contribution in [0.25, 0.3) is 0 Å². The molecule has 1 aliphatic rings. The van der Waals surface area contributed by atoms with E-state index in [9.17, 15) is 10.1 Å². The molecule has 1 aromatic rings. The molecule has 106 valence electrons. The van der Waals surface area contributed by atoms with Gasteiger partial charge in [0.15, 0.2) is 0 Å². The summed E-state index contributed by atoms with van der Waals surface area (Å²) in [5, 5.41) is 12.3. The number of benzene rings is 1. The minimum atomic E-state index is -0.609. The summed E-state index contributed by atoms with van der Waals surface area (Å²) >= 11 is 0. The number of nitriles is 1. The van der Waals surface area contributed by atoms with Gasteiger partial charge in [-0.15, -0.1) is 0 Å². The van der Waals surface area contributed by atoms with Gasteiger partial charge in [0.25, 0.3) is 0 Å². The number of rotatable bonds is 4. The second-order valence-electron chi connectivity index (χ2n) is 5.79. The van der Waals surface area contributed by atoms with Gasteiger partial charge in [-0.2, -0.15) is 5.26 Å². The van der Waals surface area contributed by atoms with Gasteiger partial charge in [-0.25, -0.2) is 0 Å². The monoisotopic (exact) mass is 270 g/mol. The SMILES string of the molecule is Cc1ccc(CCC(=O)NC2(C#N)CCCCC2)cc1. The maximum atomic E-state index is 12.1. The van der Waals surface area contributed by atoms with E-state index >= 15 is 0 Å². The summed E-state index contributed by atoms with van der Waals surface area (Å²) in [6, 6.07) is 10.6. The molecule has 1 saturated carbocycles. The van der Waals surface area contributed by atoms with E-state index in [0.717, 1.165) is 32.1 Å². The Morgan fingerprint density at radius 3 is 2.50 bits per heavy atom. The number of hydrogen-bond donors (Lipinski definition) is 1. The minimum Gasteiger partial charge on any atom is -0.338 e. The maximum absolute atomic E-state index is 12.1. The van der Waals surface area contributed by atoms with Gasteiger partial charge in [0.05, 0.1) is 6.07 Å². The first-order valence-corrected chi connectivity index (χ1v) is 7.41. The quantitative estimate of drug-likeness (QED) is 0.913. The number of carbonyl (C=O) groups excluding carboxylic acids is 1. The Labute approximate surface area is 121 Å². The van der Waals surface area contributed by atoms with Crippen LogP contribution < -0.4 is 5.32 Å². The zero-order valence-electron chi connectivity index (χ0n) is 12.1. The first-order chi connectivity index (χ1) is 9.63. The molecule has 0 unspecified atom stereocenters. The standard InChI is InChI=1S/C17H22N2O/c1-14-5-7-15(8-6-14)9-10-16(20)19-17(13-18)11-3-2-4-12-17/h5-8H,2-4,9-12H2,1H3,(H,19,20). The van der Waals surface area contributed by atoms with E-state index in [2.05, 4.69) is 42.6 Å². The topological polar surface area (TPSA) is 52.9 Å². The number of nitrogens with zero attached hydrogens (tertiary/aromatic N) is 1. The molecule has 2 rings (SSSR count). The molecule has 1 N–H and O–H groups in total. The number of amides is 1. The van der Waals surface area contributed by atoms with E-state index in [4.69, 9.17) is 0 Å². The van der Waals surface area contributed by atoms with Crippen molar-refractivity contribution in [2.45, 2.75) is 57.4 Å². The Bertz CT molecular complexity index is 493. The van der Waals surface area contributed by atoms with E-state index in [0.29, 0.717) is 6.42 Å². The molecule has 0 radical (unpaired) electrons. The first-order valence-electron chi connectivity index (χ1n) is 7.41. The van der Waals surface area contributed by atoms with Crippen LogP contribution in [0.1, 0.15) is 49.7 Å². The van der Waals surface area contributed by atoms with Crippen molar-refractivity contribution < 1.29 is 4.79 Å². The molecule has 20 heavy (non-hydrogen) atoms. The molecule has 3 heteroatoms. The molecule has 1 aromatic carbocycles. The molecule has 0 heterocycles. The zero-order valence-corrected chi connectivity index (χ0v) is 12.1. The minimum absolute atomic E-state index is 0.00553. The van der Waals surface area contributed by atoms with Crippen LogP contribution in [0.4, 0.5) is 0 Å². The van der Waals surface area contributed by atoms with E-state index < -0.39 is 5.54 Å². The summed E-state index contributed by atoms with van der Waals surface area (Å²) in [6.07, 6.45) is 6.00. The van der Waals surface area contributed by atoms with Gasteiger partial charge in [0, 0.05) is 6.42 Å². The van der Waals surface area contributed by atoms with E-state index in [1.807, 2.05) is 0 Å². The van der Waals surface area contributed by atoms with Crippen molar-refractivity contribution >= 4 is 5.91 Å². The Kier molecular flexibility index (Phi) is 4.79. The average Bonchev–Trinajstić information content (AvgIpc) is 2.47. The maximum Gasteiger partial charge on any atom is 0.221 e. The summed E-state index contributed by atoms with van der Waals surface area (Å²) < 4.78 is 0. The predicted octanol–water partition coefficient (Wildman–Crippen LogP) is 3.27. The third-order valence-electron chi connectivity index (χ3n) is 4.06. The normalized spacial score (nSPS) is 17.2. The number of carbonyl (C=O) groups is 1. The fourth-order valence-corrected chi connectivity index (χ4v) is 2.76. The van der Waals surface area contributed by atoms with Crippen molar-refractivity contribution in [1.82, 2.24) is 5.32 Å². The van der Waals surface area contributed by atoms with Crippen LogP contribution in [0.5, 0.6) is 0 Å². The van der Waals surface area contributed by atoms with Crippen LogP contribution in [-0.2, 0) is 11.2 Å². The largest absolute Gasteiger partial charge is 0.338 e.